The van der Waals surface area contributed by atoms with Crippen LogP contribution in [0.3, 0.4) is 0 Å². The molecule has 3 N–H and O–H groups in total. The number of benzene rings is 4. The van der Waals surface area contributed by atoms with Crippen LogP contribution in [0, 0.1) is 115 Å². The second-order valence-electron chi connectivity index (χ2n) is 36.4. The van der Waals surface area contributed by atoms with Crippen LogP contribution >= 0.6 is 112 Å². The van der Waals surface area contributed by atoms with Crippen molar-refractivity contribution in [3.8, 4) is 0 Å². The molecule has 0 radical (unpaired) electrons. The van der Waals surface area contributed by atoms with E-state index in [1.165, 1.54) is 126 Å². The van der Waals surface area contributed by atoms with Gasteiger partial charge in [0.1, 0.15) is 0 Å². The molecule has 0 spiro atoms. The summed E-state index contributed by atoms with van der Waals surface area (Å²) in [6.45, 7) is 18.4. The van der Waals surface area contributed by atoms with Crippen molar-refractivity contribution >= 4 is 124 Å². The van der Waals surface area contributed by atoms with E-state index in [4.69, 9.17) is 73.3 Å². The number of carbonyl (C=O) groups is 2. The van der Waals surface area contributed by atoms with Gasteiger partial charge in [0.05, 0.1) is 5.41 Å². The number of allylic oxidation sites excluding steroid dienone is 30. The molecule has 0 saturated heterocycles. The van der Waals surface area contributed by atoms with Gasteiger partial charge in [-0.2, -0.15) is 0 Å². The minimum atomic E-state index is -0.935. The lowest BCUT2D eigenvalue weighted by atomic mass is 9.78. The quantitative estimate of drug-likeness (QED) is 0.0477. The molecule has 17 aliphatic carbocycles. The van der Waals surface area contributed by atoms with E-state index in [1.807, 2.05) is 25.1 Å². The molecule has 13 heteroatoms. The highest BCUT2D eigenvalue weighted by Crippen LogP contribution is 2.55. The maximum Gasteiger partial charge on any atom is 0.330 e. The molecule has 4 aromatic rings. The van der Waals surface area contributed by atoms with Gasteiger partial charge in [0.15, 0.2) is 0 Å². The Balaban J connectivity index is 0.000000167. The van der Waals surface area contributed by atoms with Crippen LogP contribution in [0.5, 0.6) is 0 Å². The van der Waals surface area contributed by atoms with E-state index in [9.17, 15) is 9.59 Å². The molecule has 6 fully saturated rings. The van der Waals surface area contributed by atoms with Crippen molar-refractivity contribution in [3.63, 3.8) is 0 Å². The smallest absolute Gasteiger partial charge is 0.330 e. The number of alkyl halides is 7. The molecule has 0 heterocycles. The Morgan fingerprint density at radius 2 is 0.829 bits per heavy atom. The Labute approximate surface area is 795 Å². The van der Waals surface area contributed by atoms with E-state index < -0.39 is 17.4 Å². The van der Waals surface area contributed by atoms with Gasteiger partial charge in [-0.3, -0.25) is 4.79 Å². The summed E-state index contributed by atoms with van der Waals surface area (Å²) in [7, 11) is 0. The third-order valence-corrected chi connectivity index (χ3v) is 30.6. The monoisotopic (exact) mass is 2000 g/mol. The molecule has 21 rings (SSSR count). The molecule has 14 bridgehead atoms. The topological polar surface area (TPSA) is 94.8 Å². The average molecular weight is 2000 g/mol. The minimum absolute atomic E-state index is 0.176. The summed E-state index contributed by atoms with van der Waals surface area (Å²) in [6.07, 6.45) is 88.1. The number of halogens is 8. The highest BCUT2D eigenvalue weighted by Gasteiger charge is 2.50. The Morgan fingerprint density at radius 3 is 1.08 bits per heavy atom. The second kappa shape index (κ2) is 54.7. The van der Waals surface area contributed by atoms with Gasteiger partial charge in [0, 0.05) is 55.8 Å². The van der Waals surface area contributed by atoms with Crippen LogP contribution in [0.1, 0.15) is 175 Å². The number of hydrogen-bond acceptors (Lipinski definition) is 3. The Kier molecular flexibility index (Phi) is 45.8. The van der Waals surface area contributed by atoms with Crippen molar-refractivity contribution in [1.29, 1.82) is 0 Å². The fourth-order valence-electron chi connectivity index (χ4n) is 19.4. The zero-order chi connectivity index (χ0) is 88.6. The normalized spacial score (nSPS) is 30.6. The maximum atomic E-state index is 10.9. The lowest BCUT2D eigenvalue weighted by Crippen LogP contribution is -2.31. The first-order valence-electron chi connectivity index (χ1n) is 44.7. The molecule has 0 aliphatic heterocycles. The van der Waals surface area contributed by atoms with Crippen molar-refractivity contribution in [2.24, 2.45) is 111 Å². The first-order valence-corrected chi connectivity index (χ1v) is 50.7. The molecule has 4 aromatic carbocycles. The predicted molar refractivity (Wildman–Crippen MR) is 545 cm³/mol. The van der Waals surface area contributed by atoms with Crippen molar-refractivity contribution < 1.29 is 24.9 Å². The number of hydrogen-bond donors (Lipinski definition) is 3. The molecule has 0 aromatic heterocycles. The molecule has 17 aliphatic rings. The van der Waals surface area contributed by atoms with Gasteiger partial charge in [-0.1, -0.05) is 319 Å². The van der Waals surface area contributed by atoms with Crippen LogP contribution < -0.4 is 0 Å². The number of carboxylic acid groups (broad SMARTS) is 2. The maximum absolute atomic E-state index is 10.9. The Hall–Kier alpha value is -5.50. The third-order valence-electron chi connectivity index (χ3n) is 26.8. The van der Waals surface area contributed by atoms with Crippen molar-refractivity contribution in [2.75, 3.05) is 24.2 Å². The molecule has 0 amide bonds. The summed E-state index contributed by atoms with van der Waals surface area (Å²) in [4.78, 5) is 20.5. The van der Waals surface area contributed by atoms with E-state index in [1.54, 1.807) is 6.08 Å². The zero-order valence-electron chi connectivity index (χ0n) is 73.1. The van der Waals surface area contributed by atoms with Gasteiger partial charge in [0.25, 0.3) is 0 Å². The SMILES string of the molecule is BrCc1ccc(C2C[C@@H]3C=C[C@H]2C3)cc1.BrCc1ccc(I)cc1.C1=CC2C=CC1C2.C1=CCC=C1.C1=CCC=C1.C1=CCC=C1.C=C(C)C(=O)O.C=CCCl.C=CCc1ccc(CCl)cc1.C[C@]1(C(=O)O)C[C@@H]2C=C[C@H]1C2.C[C@]1(CCl)C[C@@H]2C=C[C@H]1C2.C[C@]1(CO)C[C@@H]2C=C[C@H]1C2.ClCC1CC2C=CC1C2.ClCc1ccc(CC2CC3C=CC2C3)cc1. The number of aliphatic hydroxyl groups excluding tert-OH is 1. The van der Waals surface area contributed by atoms with Crippen LogP contribution in [0.4, 0.5) is 0 Å². The highest BCUT2D eigenvalue weighted by atomic mass is 127. The van der Waals surface area contributed by atoms with E-state index in [0.29, 0.717) is 47.4 Å². The third kappa shape index (κ3) is 33.8. The summed E-state index contributed by atoms with van der Waals surface area (Å²) in [5.74, 6) is 15.1. The van der Waals surface area contributed by atoms with Crippen molar-refractivity contribution in [2.45, 2.75) is 172 Å². The molecule has 7 unspecified atom stereocenters. The standard InChI is InChI=1S/C15H17Cl.C14H15Br.C10H11Cl.C9H13Cl.C9H12O2.C9H14O.C8H11Cl.C7H6BrI.C7H8.3C5H6.C4H6O2.C3H5Cl/c16-10-12-3-1-11(2-4-12)7-15-9-13-5-6-14(15)8-13;15-9-10-1-4-12(5-2-10)14-8-11-3-6-13(14)7-11;1-2-3-9-4-6-10(8-11)7-5-9;1-9(6-10)5-7-2-3-8(9)4-7;1-9(8(10)11)5-6-2-3-7(9)4-6;1-9(6-10)5-7-2-3-8(9)4-7;9-5-8-4-6-1-2-7(8)3-6;8-5-6-1-3-7(9)4-2-6;1-2-7-4-3-6(1)5-7;3*1-2-4-5-3-1;1-3(2)4(5)6;1-2-3-4/h1-6,13-15H,7-10H2;1-6,11,13-14H,7-9H2;2,4-7H,1,3,8H2;2-3,7-8H,4-6H2,1H3;2-3,6-7H,4-5H2,1H3,(H,10,11);2-3,7-8,10H,4-6H2,1H3;1-2,6-8H,3-5H2;1-4H,5H2;1-4,6-7H,5H2;3*1-4H,5H2;1H2,2H3,(H,5,6);2H,1,3H2/t;11-,13+,14?;;7-,8+,9-;6-,7+,9+;7-,8+,9-;;;;;;;;/m.1.111......../s1. The molecule has 18 atom stereocenters. The van der Waals surface area contributed by atoms with Gasteiger partial charge < -0.3 is 15.3 Å². The van der Waals surface area contributed by atoms with Gasteiger partial charge in [-0.25, -0.2) is 4.79 Å². The molecule has 662 valence electrons. The van der Waals surface area contributed by atoms with Gasteiger partial charge in [0.2, 0.25) is 0 Å². The Morgan fingerprint density at radius 1 is 0.447 bits per heavy atom. The van der Waals surface area contributed by atoms with Crippen LogP contribution in [0.2, 0.25) is 0 Å². The molecular formula is C110H136Br2Cl5IO5. The summed E-state index contributed by atoms with van der Waals surface area (Å²) in [5, 5.41) is 27.9. The molecular weight excluding hydrogens is 1870 g/mol. The lowest BCUT2D eigenvalue weighted by molar-refractivity contribution is -0.149. The zero-order valence-corrected chi connectivity index (χ0v) is 82.2. The van der Waals surface area contributed by atoms with E-state index in [2.05, 4.69) is 343 Å². The van der Waals surface area contributed by atoms with Crippen molar-refractivity contribution in [3.05, 3.63) is 347 Å². The number of aliphatic hydroxyl groups is 1. The number of fused-ring (bicyclic) bond motifs is 14. The van der Waals surface area contributed by atoms with Crippen LogP contribution in [0.15, 0.2) is 305 Å². The number of carboxylic acids is 2. The fraction of sp³-hybridized carbons (Fsp3) is 0.455. The van der Waals surface area contributed by atoms with Crippen LogP contribution in [-0.4, -0.2) is 51.5 Å². The van der Waals surface area contributed by atoms with Crippen LogP contribution in [0.25, 0.3) is 0 Å². The fourth-order valence-corrected chi connectivity index (χ4v) is 21.5. The Bertz CT molecular complexity index is 4190. The molecule has 6 saturated carbocycles. The lowest BCUT2D eigenvalue weighted by Gasteiger charge is -2.28. The van der Waals surface area contributed by atoms with E-state index in [0.717, 1.165) is 144 Å². The average Bonchev–Trinajstić information content (AvgIpc) is 1.63. The molecule has 5 nitrogen and oxygen atoms in total. The predicted octanol–water partition coefficient (Wildman–Crippen LogP) is 31.6. The largest absolute Gasteiger partial charge is 0.481 e. The van der Waals surface area contributed by atoms with Gasteiger partial charge in [-0.05, 0) is 315 Å². The first-order chi connectivity index (χ1) is 59.4. The number of aliphatic carboxylic acids is 2. The summed E-state index contributed by atoms with van der Waals surface area (Å²) in [5.41, 5.74) is 9.76. The second-order valence-corrected chi connectivity index (χ2v) is 40.2. The summed E-state index contributed by atoms with van der Waals surface area (Å²) < 4.78 is 1.29. The van der Waals surface area contributed by atoms with Gasteiger partial charge in [-0.15, -0.1) is 71.2 Å². The molecule has 123 heavy (non-hydrogen) atoms. The first kappa shape index (κ1) is 103. The minimum Gasteiger partial charge on any atom is -0.481 e. The van der Waals surface area contributed by atoms with Gasteiger partial charge >= 0.3 is 11.9 Å². The van der Waals surface area contributed by atoms with Crippen LogP contribution in [-0.2, 0) is 44.9 Å². The number of rotatable bonds is 15. The summed E-state index contributed by atoms with van der Waals surface area (Å²) >= 11 is 37.3. The van der Waals surface area contributed by atoms with E-state index >= 15 is 0 Å². The highest BCUT2D eigenvalue weighted by molar-refractivity contribution is 14.1. The summed E-state index contributed by atoms with van der Waals surface area (Å²) in [6, 6.07) is 34.7. The van der Waals surface area contributed by atoms with Crippen molar-refractivity contribution in [1.82, 2.24) is 0 Å². The van der Waals surface area contributed by atoms with E-state index in [-0.39, 0.29) is 11.0 Å².